The lowest BCUT2D eigenvalue weighted by molar-refractivity contribution is -0.132. The predicted octanol–water partition coefficient (Wildman–Crippen LogP) is 3.92. The molecule has 0 bridgehead atoms. The Hall–Kier alpha value is -2.47. The van der Waals surface area contributed by atoms with Crippen LogP contribution in [0.15, 0.2) is 41.8 Å². The van der Waals surface area contributed by atoms with E-state index in [1.807, 2.05) is 53.6 Å². The number of piperidine rings is 1. The van der Waals surface area contributed by atoms with Crippen LogP contribution in [0.3, 0.4) is 0 Å². The normalized spacial score (nSPS) is 17.4. The molecule has 1 aliphatic heterocycles. The maximum Gasteiger partial charge on any atom is 0.224 e. The van der Waals surface area contributed by atoms with Crippen molar-refractivity contribution in [2.45, 2.75) is 32.7 Å². The zero-order chi connectivity index (χ0) is 18.8. The van der Waals surface area contributed by atoms with Gasteiger partial charge in [0.25, 0.3) is 0 Å². The number of nitrogens with zero attached hydrogens (tertiary/aromatic N) is 3. The summed E-state index contributed by atoms with van der Waals surface area (Å²) >= 11 is 1.48. The number of thiophene rings is 1. The predicted molar refractivity (Wildman–Crippen MR) is 107 cm³/mol. The van der Waals surface area contributed by atoms with Gasteiger partial charge in [-0.25, -0.2) is 4.98 Å². The fourth-order valence-corrected chi connectivity index (χ4v) is 4.63. The maximum absolute atomic E-state index is 12.8. The van der Waals surface area contributed by atoms with Crippen LogP contribution in [-0.2, 0) is 11.3 Å². The van der Waals surface area contributed by atoms with E-state index in [9.17, 15) is 9.59 Å². The molecule has 0 N–H and O–H groups in total. The van der Waals surface area contributed by atoms with Crippen molar-refractivity contribution in [1.82, 2.24) is 14.5 Å². The lowest BCUT2D eigenvalue weighted by Gasteiger charge is -2.32. The first-order valence-electron chi connectivity index (χ1n) is 9.41. The molecule has 4 rings (SSSR count). The van der Waals surface area contributed by atoms with E-state index < -0.39 is 0 Å². The number of fused-ring (bicyclic) bond motifs is 1. The van der Waals surface area contributed by atoms with E-state index in [0.717, 1.165) is 41.1 Å². The van der Waals surface area contributed by atoms with E-state index in [4.69, 9.17) is 0 Å². The molecule has 1 amide bonds. The van der Waals surface area contributed by atoms with Gasteiger partial charge in [0, 0.05) is 32.0 Å². The van der Waals surface area contributed by atoms with E-state index in [0.29, 0.717) is 19.5 Å². The highest BCUT2D eigenvalue weighted by Gasteiger charge is 2.29. The number of amides is 1. The van der Waals surface area contributed by atoms with Crippen molar-refractivity contribution in [3.8, 4) is 0 Å². The Labute approximate surface area is 162 Å². The third-order valence-electron chi connectivity index (χ3n) is 5.30. The lowest BCUT2D eigenvalue weighted by atomic mass is 9.93. The van der Waals surface area contributed by atoms with Gasteiger partial charge in [-0.1, -0.05) is 18.2 Å². The van der Waals surface area contributed by atoms with Gasteiger partial charge in [-0.15, -0.1) is 11.3 Å². The fourth-order valence-electron chi connectivity index (χ4n) is 3.88. The maximum atomic E-state index is 12.8. The SMILES string of the molecule is Cc1nc2ccccc2n1CCC(=O)N1CCCC(C(=O)c2cccs2)C1. The Morgan fingerprint density at radius 1 is 1.22 bits per heavy atom. The molecule has 6 heteroatoms. The summed E-state index contributed by atoms with van der Waals surface area (Å²) in [5, 5.41) is 1.93. The molecule has 27 heavy (non-hydrogen) atoms. The third-order valence-corrected chi connectivity index (χ3v) is 6.19. The largest absolute Gasteiger partial charge is 0.342 e. The zero-order valence-electron chi connectivity index (χ0n) is 15.4. The third kappa shape index (κ3) is 3.67. The number of benzene rings is 1. The number of carbonyl (C=O) groups is 2. The van der Waals surface area contributed by atoms with Crippen molar-refractivity contribution in [2.75, 3.05) is 13.1 Å². The Morgan fingerprint density at radius 3 is 2.89 bits per heavy atom. The Morgan fingerprint density at radius 2 is 2.07 bits per heavy atom. The minimum atomic E-state index is -0.0721. The number of hydrogen-bond donors (Lipinski definition) is 0. The second-order valence-corrected chi connectivity index (χ2v) is 8.02. The number of aromatic nitrogens is 2. The molecule has 5 nitrogen and oxygen atoms in total. The Bertz CT molecular complexity index is 961. The second-order valence-electron chi connectivity index (χ2n) is 7.07. The van der Waals surface area contributed by atoms with Gasteiger partial charge in [0.15, 0.2) is 5.78 Å². The number of ketones is 1. The van der Waals surface area contributed by atoms with Gasteiger partial charge < -0.3 is 9.47 Å². The summed E-state index contributed by atoms with van der Waals surface area (Å²) in [6, 6.07) is 11.8. The van der Waals surface area contributed by atoms with Crippen LogP contribution >= 0.6 is 11.3 Å². The molecule has 1 saturated heterocycles. The van der Waals surface area contributed by atoms with Crippen LogP contribution in [0.4, 0.5) is 0 Å². The van der Waals surface area contributed by atoms with E-state index >= 15 is 0 Å². The summed E-state index contributed by atoms with van der Waals surface area (Å²) in [5.41, 5.74) is 2.02. The second kappa shape index (κ2) is 7.64. The zero-order valence-corrected chi connectivity index (χ0v) is 16.2. The smallest absolute Gasteiger partial charge is 0.224 e. The van der Waals surface area contributed by atoms with E-state index in [1.54, 1.807) is 0 Å². The number of aryl methyl sites for hydroxylation is 2. The molecule has 140 valence electrons. The van der Waals surface area contributed by atoms with Crippen LogP contribution in [0.1, 0.15) is 34.8 Å². The van der Waals surface area contributed by atoms with Crippen LogP contribution < -0.4 is 0 Å². The van der Waals surface area contributed by atoms with Crippen molar-refractivity contribution >= 4 is 34.1 Å². The Kier molecular flexibility index (Phi) is 5.07. The molecule has 3 aromatic rings. The highest BCUT2D eigenvalue weighted by molar-refractivity contribution is 7.12. The molecular weight excluding hydrogens is 358 g/mol. The molecule has 0 spiro atoms. The topological polar surface area (TPSA) is 55.2 Å². The fraction of sp³-hybridized carbons (Fsp3) is 0.381. The Balaban J connectivity index is 1.40. The summed E-state index contributed by atoms with van der Waals surface area (Å²) in [4.78, 5) is 32.6. The monoisotopic (exact) mass is 381 g/mol. The molecule has 1 aromatic carbocycles. The van der Waals surface area contributed by atoms with Crippen molar-refractivity contribution in [3.63, 3.8) is 0 Å². The number of Topliss-reactive ketones (excluding diaryl/α,β-unsaturated/α-hetero) is 1. The van der Waals surface area contributed by atoms with Gasteiger partial charge in [0.2, 0.25) is 5.91 Å². The quantitative estimate of drug-likeness (QED) is 0.630. The summed E-state index contributed by atoms with van der Waals surface area (Å²) < 4.78 is 2.10. The van der Waals surface area contributed by atoms with Gasteiger partial charge in [-0.2, -0.15) is 0 Å². The molecule has 1 fully saturated rings. The van der Waals surface area contributed by atoms with E-state index in [2.05, 4.69) is 9.55 Å². The summed E-state index contributed by atoms with van der Waals surface area (Å²) in [7, 11) is 0. The van der Waals surface area contributed by atoms with E-state index in [-0.39, 0.29) is 17.6 Å². The van der Waals surface area contributed by atoms with Crippen molar-refractivity contribution in [3.05, 3.63) is 52.5 Å². The molecule has 3 heterocycles. The number of hydrogen-bond acceptors (Lipinski definition) is 4. The molecule has 1 atom stereocenters. The highest BCUT2D eigenvalue weighted by atomic mass is 32.1. The lowest BCUT2D eigenvalue weighted by Crippen LogP contribution is -2.42. The standard InChI is InChI=1S/C21H23N3O2S/c1-15-22-17-7-2-3-8-18(17)24(15)12-10-20(25)23-11-4-6-16(14-23)21(26)19-9-5-13-27-19/h2-3,5,7-9,13,16H,4,6,10-12,14H2,1H3. The van der Waals surface area contributed by atoms with Gasteiger partial charge in [0.1, 0.15) is 5.82 Å². The molecule has 0 radical (unpaired) electrons. The minimum Gasteiger partial charge on any atom is -0.342 e. The van der Waals surface area contributed by atoms with Gasteiger partial charge >= 0.3 is 0 Å². The molecule has 1 aliphatic rings. The van der Waals surface area contributed by atoms with Crippen LogP contribution in [-0.4, -0.2) is 39.2 Å². The average Bonchev–Trinajstić information content (AvgIpc) is 3.33. The summed E-state index contributed by atoms with van der Waals surface area (Å²) in [6.07, 6.45) is 2.19. The number of likely N-dealkylation sites (tertiary alicyclic amines) is 1. The molecule has 2 aromatic heterocycles. The van der Waals surface area contributed by atoms with Crippen LogP contribution in [0, 0.1) is 12.8 Å². The molecule has 0 aliphatic carbocycles. The van der Waals surface area contributed by atoms with Crippen LogP contribution in [0.5, 0.6) is 0 Å². The van der Waals surface area contributed by atoms with Gasteiger partial charge in [0.05, 0.1) is 15.9 Å². The number of rotatable bonds is 5. The van der Waals surface area contributed by atoms with Gasteiger partial charge in [-0.3, -0.25) is 9.59 Å². The van der Waals surface area contributed by atoms with Crippen molar-refractivity contribution in [1.29, 1.82) is 0 Å². The van der Waals surface area contributed by atoms with Crippen LogP contribution in [0.2, 0.25) is 0 Å². The first-order valence-corrected chi connectivity index (χ1v) is 10.3. The van der Waals surface area contributed by atoms with E-state index in [1.165, 1.54) is 11.3 Å². The number of para-hydroxylation sites is 2. The number of carbonyl (C=O) groups excluding carboxylic acids is 2. The minimum absolute atomic E-state index is 0.0721. The van der Waals surface area contributed by atoms with Gasteiger partial charge in [-0.05, 0) is 43.3 Å². The summed E-state index contributed by atoms with van der Waals surface area (Å²) in [6.45, 7) is 3.88. The molecule has 0 saturated carbocycles. The van der Waals surface area contributed by atoms with Crippen molar-refractivity contribution in [2.24, 2.45) is 5.92 Å². The molecule has 1 unspecified atom stereocenters. The van der Waals surface area contributed by atoms with Crippen LogP contribution in [0.25, 0.3) is 11.0 Å². The molecular formula is C21H23N3O2S. The first-order chi connectivity index (χ1) is 13.1. The number of imidazole rings is 1. The average molecular weight is 382 g/mol. The van der Waals surface area contributed by atoms with Crippen molar-refractivity contribution < 1.29 is 9.59 Å². The summed E-state index contributed by atoms with van der Waals surface area (Å²) in [5.74, 6) is 1.15. The highest BCUT2D eigenvalue weighted by Crippen LogP contribution is 2.24. The first kappa shape index (κ1) is 17.9.